The van der Waals surface area contributed by atoms with Crippen molar-refractivity contribution < 1.29 is 14.3 Å². The zero-order chi connectivity index (χ0) is 14.5. The van der Waals surface area contributed by atoms with Crippen LogP contribution >= 0.6 is 11.8 Å². The topological polar surface area (TPSA) is 98.4 Å². The zero-order valence-corrected chi connectivity index (χ0v) is 12.0. The number of likely N-dealkylation sites (tertiary alicyclic amines) is 1. The van der Waals surface area contributed by atoms with Gasteiger partial charge in [0, 0.05) is 19.3 Å². The Kier molecular flexibility index (Phi) is 4.78. The maximum absolute atomic E-state index is 11.7. The summed E-state index contributed by atoms with van der Waals surface area (Å²) < 4.78 is 4.83. The number of amides is 1. The summed E-state index contributed by atoms with van der Waals surface area (Å²) in [6, 6.07) is 0. The quantitative estimate of drug-likeness (QED) is 0.481. The van der Waals surface area contributed by atoms with E-state index in [1.807, 2.05) is 0 Å². The summed E-state index contributed by atoms with van der Waals surface area (Å²) in [5, 5.41) is 0.379. The van der Waals surface area contributed by atoms with Crippen molar-refractivity contribution >= 4 is 29.5 Å². The number of carbonyl (C=O) groups is 2. The van der Waals surface area contributed by atoms with Gasteiger partial charge >= 0.3 is 5.97 Å². The number of nitrogen functional groups attached to an aromatic ring is 1. The van der Waals surface area contributed by atoms with E-state index in [-0.39, 0.29) is 29.6 Å². The molecule has 1 amide bonds. The Hall–Kier alpha value is -1.83. The highest BCUT2D eigenvalue weighted by atomic mass is 32.2. The number of anilines is 1. The van der Waals surface area contributed by atoms with Crippen LogP contribution in [0.4, 0.5) is 5.82 Å². The van der Waals surface area contributed by atoms with E-state index in [2.05, 4.69) is 9.97 Å². The molecule has 0 bridgehead atoms. The molecule has 0 saturated carbocycles. The van der Waals surface area contributed by atoms with Crippen LogP contribution in [0.25, 0.3) is 0 Å². The van der Waals surface area contributed by atoms with Crippen molar-refractivity contribution in [2.45, 2.75) is 18.5 Å². The molecule has 0 aromatic carbocycles. The lowest BCUT2D eigenvalue weighted by Crippen LogP contribution is -2.43. The minimum atomic E-state index is -0.543. The molecule has 2 heterocycles. The molecule has 20 heavy (non-hydrogen) atoms. The minimum absolute atomic E-state index is 0.0670. The second-order valence-electron chi connectivity index (χ2n) is 4.19. The van der Waals surface area contributed by atoms with Crippen LogP contribution in [0.1, 0.15) is 23.7 Å². The number of thioether (sulfide) groups is 1. The molecule has 108 valence electrons. The molecule has 0 atom stereocenters. The molecule has 0 unspecified atom stereocenters. The smallest absolute Gasteiger partial charge is 0.343 e. The fourth-order valence-corrected chi connectivity index (χ4v) is 2.32. The van der Waals surface area contributed by atoms with Crippen molar-refractivity contribution in [2.24, 2.45) is 0 Å². The number of nitrogens with zero attached hydrogens (tertiary/aromatic N) is 3. The number of hydrogen-bond acceptors (Lipinski definition) is 7. The fraction of sp³-hybridized carbons (Fsp3) is 0.500. The Balaban J connectivity index is 1.94. The van der Waals surface area contributed by atoms with Gasteiger partial charge in [0.2, 0.25) is 5.91 Å². The number of ether oxygens (including phenoxy) is 1. The van der Waals surface area contributed by atoms with Gasteiger partial charge in [0.05, 0.1) is 12.4 Å². The second-order valence-corrected chi connectivity index (χ2v) is 5.14. The van der Waals surface area contributed by atoms with E-state index in [1.165, 1.54) is 18.0 Å². The molecule has 1 fully saturated rings. The number of rotatable bonds is 5. The molecule has 2 N–H and O–H groups in total. The lowest BCUT2D eigenvalue weighted by atomic mass is 10.2. The van der Waals surface area contributed by atoms with Crippen molar-refractivity contribution in [3.63, 3.8) is 0 Å². The molecule has 8 heteroatoms. The fourth-order valence-electron chi connectivity index (χ4n) is 1.60. The van der Waals surface area contributed by atoms with E-state index in [1.54, 1.807) is 11.8 Å². The summed E-state index contributed by atoms with van der Waals surface area (Å²) in [6.45, 7) is 3.62. The predicted octanol–water partition coefficient (Wildman–Crippen LogP) is 0.560. The normalized spacial score (nSPS) is 13.8. The Morgan fingerprint density at radius 3 is 2.80 bits per heavy atom. The van der Waals surface area contributed by atoms with Gasteiger partial charge in [-0.15, -0.1) is 0 Å². The lowest BCUT2D eigenvalue weighted by molar-refractivity contribution is -0.131. The number of nitrogens with two attached hydrogens (primary N) is 1. The summed E-state index contributed by atoms with van der Waals surface area (Å²) in [7, 11) is 0. The van der Waals surface area contributed by atoms with Crippen LogP contribution in [0.5, 0.6) is 0 Å². The van der Waals surface area contributed by atoms with Crippen LogP contribution in [-0.4, -0.2) is 52.2 Å². The highest BCUT2D eigenvalue weighted by molar-refractivity contribution is 7.99. The van der Waals surface area contributed by atoms with Crippen LogP contribution in [0.2, 0.25) is 0 Å². The number of carbonyl (C=O) groups excluding carboxylic acids is 2. The van der Waals surface area contributed by atoms with Gasteiger partial charge in [0.25, 0.3) is 0 Å². The SMILES string of the molecule is CCOC(=O)c1cnc(SCC(=O)N2CCC2)nc1N. The first-order valence-corrected chi connectivity index (χ1v) is 7.30. The van der Waals surface area contributed by atoms with Crippen molar-refractivity contribution in [1.82, 2.24) is 14.9 Å². The van der Waals surface area contributed by atoms with Gasteiger partial charge in [-0.1, -0.05) is 11.8 Å². The van der Waals surface area contributed by atoms with E-state index in [0.717, 1.165) is 19.5 Å². The monoisotopic (exact) mass is 296 g/mol. The van der Waals surface area contributed by atoms with Gasteiger partial charge in [-0.05, 0) is 13.3 Å². The number of esters is 1. The van der Waals surface area contributed by atoms with Gasteiger partial charge in [0.15, 0.2) is 5.16 Å². The molecule has 1 aliphatic heterocycles. The number of hydrogen-bond donors (Lipinski definition) is 1. The van der Waals surface area contributed by atoms with Gasteiger partial charge in [-0.25, -0.2) is 14.8 Å². The van der Waals surface area contributed by atoms with Crippen molar-refractivity contribution in [1.29, 1.82) is 0 Å². The first-order valence-electron chi connectivity index (χ1n) is 6.32. The van der Waals surface area contributed by atoms with E-state index in [0.29, 0.717) is 5.16 Å². The Labute approximate surface area is 120 Å². The molecule has 1 aromatic heterocycles. The molecular formula is C12H16N4O3S. The second kappa shape index (κ2) is 6.56. The third kappa shape index (κ3) is 3.38. The molecule has 0 spiro atoms. The van der Waals surface area contributed by atoms with Crippen LogP contribution in [-0.2, 0) is 9.53 Å². The largest absolute Gasteiger partial charge is 0.462 e. The van der Waals surface area contributed by atoms with Crippen LogP contribution in [0.15, 0.2) is 11.4 Å². The Morgan fingerprint density at radius 2 is 2.25 bits per heavy atom. The van der Waals surface area contributed by atoms with Gasteiger partial charge < -0.3 is 15.4 Å². The number of aromatic nitrogens is 2. The van der Waals surface area contributed by atoms with Crippen molar-refractivity contribution in [2.75, 3.05) is 31.2 Å². The molecule has 7 nitrogen and oxygen atoms in total. The Bertz CT molecular complexity index is 519. The standard InChI is InChI=1S/C12H16N4O3S/c1-2-19-11(18)8-6-14-12(15-10(8)13)20-7-9(17)16-4-3-5-16/h6H,2-5,7H2,1H3,(H2,13,14,15). The summed E-state index contributed by atoms with van der Waals surface area (Å²) in [5.41, 5.74) is 5.84. The van der Waals surface area contributed by atoms with E-state index in [9.17, 15) is 9.59 Å². The van der Waals surface area contributed by atoms with Crippen molar-refractivity contribution in [3.05, 3.63) is 11.8 Å². The molecular weight excluding hydrogens is 280 g/mol. The average Bonchev–Trinajstić information content (AvgIpc) is 2.34. The summed E-state index contributed by atoms with van der Waals surface area (Å²) >= 11 is 1.21. The third-order valence-corrected chi connectivity index (χ3v) is 3.67. The summed E-state index contributed by atoms with van der Waals surface area (Å²) in [5.74, 6) is -0.133. The molecule has 0 aliphatic carbocycles. The summed E-state index contributed by atoms with van der Waals surface area (Å²) in [6.07, 6.45) is 2.39. The van der Waals surface area contributed by atoms with E-state index < -0.39 is 5.97 Å². The lowest BCUT2D eigenvalue weighted by Gasteiger charge is -2.30. The predicted molar refractivity (Wildman–Crippen MR) is 74.3 cm³/mol. The molecule has 1 aliphatic rings. The average molecular weight is 296 g/mol. The van der Waals surface area contributed by atoms with Crippen LogP contribution in [0.3, 0.4) is 0 Å². The van der Waals surface area contributed by atoms with Crippen LogP contribution in [0, 0.1) is 0 Å². The van der Waals surface area contributed by atoms with Gasteiger partial charge in [-0.3, -0.25) is 4.79 Å². The Morgan fingerprint density at radius 1 is 1.50 bits per heavy atom. The third-order valence-electron chi connectivity index (χ3n) is 2.82. The highest BCUT2D eigenvalue weighted by Crippen LogP contribution is 2.18. The zero-order valence-electron chi connectivity index (χ0n) is 11.2. The summed E-state index contributed by atoms with van der Waals surface area (Å²) in [4.78, 5) is 33.0. The maximum Gasteiger partial charge on any atom is 0.343 e. The molecule has 1 aromatic rings. The van der Waals surface area contributed by atoms with Crippen molar-refractivity contribution in [3.8, 4) is 0 Å². The first-order chi connectivity index (χ1) is 9.61. The van der Waals surface area contributed by atoms with Crippen LogP contribution < -0.4 is 5.73 Å². The molecule has 2 rings (SSSR count). The van der Waals surface area contributed by atoms with E-state index in [4.69, 9.17) is 10.5 Å². The molecule has 1 saturated heterocycles. The first kappa shape index (κ1) is 14.6. The van der Waals surface area contributed by atoms with Gasteiger partial charge in [0.1, 0.15) is 11.4 Å². The minimum Gasteiger partial charge on any atom is -0.462 e. The van der Waals surface area contributed by atoms with E-state index >= 15 is 0 Å². The maximum atomic E-state index is 11.7. The van der Waals surface area contributed by atoms with Gasteiger partial charge in [-0.2, -0.15) is 0 Å². The highest BCUT2D eigenvalue weighted by Gasteiger charge is 2.20. The molecule has 0 radical (unpaired) electrons.